The van der Waals surface area contributed by atoms with Crippen LogP contribution in [-0.2, 0) is 10.2 Å². The highest BCUT2D eigenvalue weighted by Gasteiger charge is 2.27. The van der Waals surface area contributed by atoms with Crippen LogP contribution in [0.1, 0.15) is 32.3 Å². The van der Waals surface area contributed by atoms with Crippen LogP contribution in [0.3, 0.4) is 0 Å². The van der Waals surface area contributed by atoms with Crippen LogP contribution in [0.2, 0.25) is 0 Å². The smallest absolute Gasteiger partial charge is 0.223 e. The molecule has 1 saturated heterocycles. The lowest BCUT2D eigenvalue weighted by Gasteiger charge is -2.28. The minimum Gasteiger partial charge on any atom is -0.341 e. The molecule has 1 aromatic rings. The first-order valence-electron chi connectivity index (χ1n) is 7.14. The van der Waals surface area contributed by atoms with E-state index in [0.29, 0.717) is 6.42 Å². The molecule has 2 rings (SSSR count). The Kier molecular flexibility index (Phi) is 6.50. The minimum absolute atomic E-state index is 0. The third-order valence-corrected chi connectivity index (χ3v) is 3.84. The van der Waals surface area contributed by atoms with Gasteiger partial charge >= 0.3 is 0 Å². The zero-order valence-electron chi connectivity index (χ0n) is 12.4. The number of nitrogens with one attached hydrogen (secondary N) is 1. The number of halogens is 1. The van der Waals surface area contributed by atoms with E-state index in [2.05, 4.69) is 31.3 Å². The highest BCUT2D eigenvalue weighted by molar-refractivity contribution is 5.85. The van der Waals surface area contributed by atoms with Gasteiger partial charge in [0.2, 0.25) is 5.91 Å². The maximum atomic E-state index is 12.4. The molecule has 0 saturated carbocycles. The summed E-state index contributed by atoms with van der Waals surface area (Å²) in [5, 5.41) is 3.33. The van der Waals surface area contributed by atoms with Crippen molar-refractivity contribution in [3.8, 4) is 0 Å². The molecule has 0 atom stereocenters. The molecule has 112 valence electrons. The van der Waals surface area contributed by atoms with Crippen LogP contribution in [0.4, 0.5) is 0 Å². The second-order valence-corrected chi connectivity index (χ2v) is 5.91. The Bertz CT molecular complexity index is 412. The molecule has 1 heterocycles. The van der Waals surface area contributed by atoms with Crippen LogP contribution >= 0.6 is 12.4 Å². The van der Waals surface area contributed by atoms with E-state index in [1.54, 1.807) is 0 Å². The van der Waals surface area contributed by atoms with E-state index < -0.39 is 0 Å². The number of hydrogen-bond acceptors (Lipinski definition) is 2. The maximum Gasteiger partial charge on any atom is 0.223 e. The van der Waals surface area contributed by atoms with E-state index in [1.807, 2.05) is 23.1 Å². The lowest BCUT2D eigenvalue weighted by atomic mass is 9.81. The fraction of sp³-hybridized carbons (Fsp3) is 0.562. The second-order valence-electron chi connectivity index (χ2n) is 5.91. The van der Waals surface area contributed by atoms with Gasteiger partial charge in [-0.05, 0) is 23.9 Å². The molecule has 0 unspecified atom stereocenters. The van der Waals surface area contributed by atoms with E-state index in [4.69, 9.17) is 0 Å². The Labute approximate surface area is 128 Å². The summed E-state index contributed by atoms with van der Waals surface area (Å²) in [4.78, 5) is 14.4. The molecule has 1 aromatic carbocycles. The number of rotatable bonds is 3. The Morgan fingerprint density at radius 1 is 1.20 bits per heavy atom. The van der Waals surface area contributed by atoms with Gasteiger partial charge in [0.25, 0.3) is 0 Å². The highest BCUT2D eigenvalue weighted by atomic mass is 35.5. The van der Waals surface area contributed by atoms with Crippen molar-refractivity contribution in [2.24, 2.45) is 0 Å². The molecule has 0 spiro atoms. The van der Waals surface area contributed by atoms with Gasteiger partial charge in [-0.15, -0.1) is 12.4 Å². The van der Waals surface area contributed by atoms with E-state index in [1.165, 1.54) is 5.56 Å². The molecule has 0 bridgehead atoms. The molecule has 20 heavy (non-hydrogen) atoms. The number of nitrogens with zero attached hydrogens (tertiary/aromatic N) is 1. The average molecular weight is 297 g/mol. The summed E-state index contributed by atoms with van der Waals surface area (Å²) in [6, 6.07) is 10.3. The lowest BCUT2D eigenvalue weighted by molar-refractivity contribution is -0.132. The molecular weight excluding hydrogens is 272 g/mol. The van der Waals surface area contributed by atoms with Gasteiger partial charge in [-0.1, -0.05) is 44.2 Å². The molecule has 3 nitrogen and oxygen atoms in total. The van der Waals surface area contributed by atoms with E-state index >= 15 is 0 Å². The van der Waals surface area contributed by atoms with Crippen LogP contribution < -0.4 is 5.32 Å². The van der Waals surface area contributed by atoms with E-state index in [-0.39, 0.29) is 23.7 Å². The Balaban J connectivity index is 0.00000200. The molecule has 1 amide bonds. The number of carbonyl (C=O) groups is 1. The van der Waals surface area contributed by atoms with Crippen LogP contribution in [0.15, 0.2) is 30.3 Å². The normalized spacial score (nSPS) is 16.2. The van der Waals surface area contributed by atoms with E-state index in [0.717, 1.165) is 32.6 Å². The fourth-order valence-electron chi connectivity index (χ4n) is 2.58. The van der Waals surface area contributed by atoms with Gasteiger partial charge in [0, 0.05) is 26.1 Å². The van der Waals surface area contributed by atoms with Crippen molar-refractivity contribution in [1.29, 1.82) is 0 Å². The second kappa shape index (κ2) is 7.65. The van der Waals surface area contributed by atoms with Gasteiger partial charge in [-0.3, -0.25) is 4.79 Å². The Hall–Kier alpha value is -1.06. The number of carbonyl (C=O) groups excluding carboxylic acids is 1. The van der Waals surface area contributed by atoms with Crippen LogP contribution in [0, 0.1) is 0 Å². The first-order chi connectivity index (χ1) is 9.09. The topological polar surface area (TPSA) is 32.3 Å². The summed E-state index contributed by atoms with van der Waals surface area (Å²) < 4.78 is 0. The molecule has 1 N–H and O–H groups in total. The van der Waals surface area contributed by atoms with Crippen molar-refractivity contribution in [3.63, 3.8) is 0 Å². The number of hydrogen-bond donors (Lipinski definition) is 1. The van der Waals surface area contributed by atoms with Crippen LogP contribution in [-0.4, -0.2) is 37.0 Å². The summed E-state index contributed by atoms with van der Waals surface area (Å²) in [6.45, 7) is 7.95. The summed E-state index contributed by atoms with van der Waals surface area (Å²) in [6.07, 6.45) is 1.63. The van der Waals surface area contributed by atoms with Crippen molar-refractivity contribution in [1.82, 2.24) is 10.2 Å². The average Bonchev–Trinajstić information content (AvgIpc) is 2.68. The summed E-state index contributed by atoms with van der Waals surface area (Å²) >= 11 is 0. The lowest BCUT2D eigenvalue weighted by Crippen LogP contribution is -2.37. The summed E-state index contributed by atoms with van der Waals surface area (Å²) in [7, 11) is 0. The molecule has 0 aromatic heterocycles. The first kappa shape index (κ1) is 17.0. The third kappa shape index (κ3) is 4.50. The largest absolute Gasteiger partial charge is 0.341 e. The van der Waals surface area contributed by atoms with Gasteiger partial charge in [-0.2, -0.15) is 0 Å². The van der Waals surface area contributed by atoms with Crippen molar-refractivity contribution in [3.05, 3.63) is 35.9 Å². The van der Waals surface area contributed by atoms with Gasteiger partial charge in [0.1, 0.15) is 0 Å². The number of amides is 1. The Morgan fingerprint density at radius 3 is 2.60 bits per heavy atom. The van der Waals surface area contributed by atoms with Gasteiger partial charge < -0.3 is 10.2 Å². The predicted molar refractivity (Wildman–Crippen MR) is 85.4 cm³/mol. The van der Waals surface area contributed by atoms with Gasteiger partial charge in [-0.25, -0.2) is 0 Å². The van der Waals surface area contributed by atoms with Gasteiger partial charge in [0.15, 0.2) is 0 Å². The first-order valence-corrected chi connectivity index (χ1v) is 7.14. The van der Waals surface area contributed by atoms with Crippen molar-refractivity contribution >= 4 is 18.3 Å². The minimum atomic E-state index is -0.0991. The van der Waals surface area contributed by atoms with Crippen LogP contribution in [0.25, 0.3) is 0 Å². The summed E-state index contributed by atoms with van der Waals surface area (Å²) in [5.41, 5.74) is 1.13. The SMILES string of the molecule is CC(C)(CC(=O)N1CCCNCC1)c1ccccc1.Cl. The molecule has 1 aliphatic heterocycles. The molecular formula is C16H25ClN2O. The van der Waals surface area contributed by atoms with Crippen LogP contribution in [0.5, 0.6) is 0 Å². The highest BCUT2D eigenvalue weighted by Crippen LogP contribution is 2.27. The summed E-state index contributed by atoms with van der Waals surface area (Å²) in [5.74, 6) is 0.276. The molecule has 1 fully saturated rings. The van der Waals surface area contributed by atoms with E-state index in [9.17, 15) is 4.79 Å². The zero-order chi connectivity index (χ0) is 13.7. The quantitative estimate of drug-likeness (QED) is 0.930. The predicted octanol–water partition coefficient (Wildman–Crippen LogP) is 2.60. The molecule has 4 heteroatoms. The van der Waals surface area contributed by atoms with Crippen molar-refractivity contribution in [2.45, 2.75) is 32.1 Å². The molecule has 1 aliphatic rings. The Morgan fingerprint density at radius 2 is 1.90 bits per heavy atom. The third-order valence-electron chi connectivity index (χ3n) is 3.84. The van der Waals surface area contributed by atoms with Gasteiger partial charge in [0.05, 0.1) is 0 Å². The van der Waals surface area contributed by atoms with Crippen molar-refractivity contribution < 1.29 is 4.79 Å². The van der Waals surface area contributed by atoms with Crippen molar-refractivity contribution in [2.75, 3.05) is 26.2 Å². The zero-order valence-corrected chi connectivity index (χ0v) is 13.2. The standard InChI is InChI=1S/C16H24N2O.ClH/c1-16(2,14-7-4-3-5-8-14)13-15(19)18-11-6-9-17-10-12-18;/h3-5,7-8,17H,6,9-13H2,1-2H3;1H. The molecule has 0 radical (unpaired) electrons. The monoisotopic (exact) mass is 296 g/mol. The number of benzene rings is 1. The fourth-order valence-corrected chi connectivity index (χ4v) is 2.58. The molecule has 0 aliphatic carbocycles. The maximum absolute atomic E-state index is 12.4.